The fourth-order valence-electron chi connectivity index (χ4n) is 2.09. The first-order valence-corrected chi connectivity index (χ1v) is 8.34. The number of carbonyl (C=O) groups excluding carboxylic acids is 3. The van der Waals surface area contributed by atoms with Crippen LogP contribution in [0.4, 0.5) is 0 Å². The molecule has 0 amide bonds. The van der Waals surface area contributed by atoms with Crippen LogP contribution in [0.15, 0.2) is 12.2 Å². The van der Waals surface area contributed by atoms with Gasteiger partial charge in [0, 0.05) is 37.2 Å². The maximum absolute atomic E-state index is 12.0. The lowest BCUT2D eigenvalue weighted by Crippen LogP contribution is -2.43. The van der Waals surface area contributed by atoms with Gasteiger partial charge in [-0.1, -0.05) is 13.8 Å². The first-order valence-electron chi connectivity index (χ1n) is 8.34. The van der Waals surface area contributed by atoms with E-state index in [1.165, 1.54) is 7.11 Å². The van der Waals surface area contributed by atoms with Crippen molar-refractivity contribution >= 4 is 17.9 Å². The lowest BCUT2D eigenvalue weighted by atomic mass is 9.87. The highest BCUT2D eigenvalue weighted by molar-refractivity contribution is 5.91. The second-order valence-corrected chi connectivity index (χ2v) is 6.48. The lowest BCUT2D eigenvalue weighted by Gasteiger charge is -2.29. The Hall–Kier alpha value is -1.97. The van der Waals surface area contributed by atoms with E-state index in [-0.39, 0.29) is 13.2 Å². The van der Waals surface area contributed by atoms with E-state index < -0.39 is 29.4 Å². The van der Waals surface area contributed by atoms with Crippen LogP contribution in [-0.4, -0.2) is 87.2 Å². The molecule has 0 radical (unpaired) electrons. The summed E-state index contributed by atoms with van der Waals surface area (Å²) in [4.78, 5) is 36.5. The number of nitrogens with zero attached hydrogens (tertiary/aromatic N) is 1. The molecule has 26 heavy (non-hydrogen) atoms. The first kappa shape index (κ1) is 22.1. The minimum absolute atomic E-state index is 0.160. The van der Waals surface area contributed by atoms with Gasteiger partial charge in [-0.2, -0.15) is 0 Å². The van der Waals surface area contributed by atoms with Crippen molar-refractivity contribution in [2.45, 2.75) is 20.0 Å². The van der Waals surface area contributed by atoms with E-state index >= 15 is 0 Å². The summed E-state index contributed by atoms with van der Waals surface area (Å²) < 4.78 is 19.6. The molecule has 0 aromatic rings. The lowest BCUT2D eigenvalue weighted by molar-refractivity contribution is -0.165. The molecule has 1 aliphatic heterocycles. The molecule has 0 saturated carbocycles. The molecule has 1 fully saturated rings. The second kappa shape index (κ2) is 10.9. The van der Waals surface area contributed by atoms with Crippen LogP contribution >= 0.6 is 0 Å². The minimum Gasteiger partial charge on any atom is -0.466 e. The molecule has 1 rings (SSSR count). The number of hydrogen-bond acceptors (Lipinski definition) is 9. The Morgan fingerprint density at radius 2 is 1.77 bits per heavy atom. The number of morpholine rings is 1. The number of rotatable bonds is 9. The summed E-state index contributed by atoms with van der Waals surface area (Å²) in [6.07, 6.45) is 0.380. The van der Waals surface area contributed by atoms with Gasteiger partial charge in [-0.15, -0.1) is 0 Å². The molecule has 0 aromatic carbocycles. The molecule has 0 aliphatic carbocycles. The fourth-order valence-corrected chi connectivity index (χ4v) is 2.09. The van der Waals surface area contributed by atoms with Gasteiger partial charge in [-0.25, -0.2) is 14.4 Å². The maximum atomic E-state index is 12.0. The number of esters is 3. The zero-order valence-electron chi connectivity index (χ0n) is 15.4. The Labute approximate surface area is 152 Å². The van der Waals surface area contributed by atoms with Gasteiger partial charge in [0.05, 0.1) is 26.9 Å². The van der Waals surface area contributed by atoms with Crippen molar-refractivity contribution in [3.05, 3.63) is 12.2 Å². The molecule has 0 aromatic heterocycles. The van der Waals surface area contributed by atoms with Crippen molar-refractivity contribution < 1.29 is 38.4 Å². The van der Waals surface area contributed by atoms with E-state index in [1.54, 1.807) is 13.8 Å². The number of carbonyl (C=O) groups is 3. The molecule has 1 heterocycles. The predicted molar refractivity (Wildman–Crippen MR) is 90.1 cm³/mol. The van der Waals surface area contributed by atoms with Gasteiger partial charge in [0.2, 0.25) is 0 Å². The summed E-state index contributed by atoms with van der Waals surface area (Å²) in [5.74, 6) is -2.24. The molecule has 0 spiro atoms. The van der Waals surface area contributed by atoms with Crippen molar-refractivity contribution in [3.63, 3.8) is 0 Å². The molecule has 1 saturated heterocycles. The average Bonchev–Trinajstić information content (AvgIpc) is 2.64. The van der Waals surface area contributed by atoms with Crippen LogP contribution < -0.4 is 0 Å². The van der Waals surface area contributed by atoms with E-state index in [4.69, 9.17) is 14.2 Å². The molecule has 9 nitrogen and oxygen atoms in total. The van der Waals surface area contributed by atoms with Crippen molar-refractivity contribution in [3.8, 4) is 0 Å². The third-order valence-corrected chi connectivity index (χ3v) is 3.86. The number of aliphatic hydroxyl groups is 1. The second-order valence-electron chi connectivity index (χ2n) is 6.48. The average molecular weight is 373 g/mol. The predicted octanol–water partition coefficient (Wildman–Crippen LogP) is -0.479. The zero-order valence-corrected chi connectivity index (χ0v) is 15.4. The standard InChI is InChI=1S/C17H27NO8/c1-17(2,12-26-14(20)5-4-13(19)23-3)15(21)16(22)25-11-8-18-6-9-24-10-7-18/h4-5,15,21H,6-12H2,1-3H3/b5-4+/t15-/m0/s1. The minimum atomic E-state index is -1.45. The number of ether oxygens (including phenoxy) is 4. The Kier molecular flexibility index (Phi) is 9.25. The van der Waals surface area contributed by atoms with Gasteiger partial charge in [-0.05, 0) is 0 Å². The highest BCUT2D eigenvalue weighted by atomic mass is 16.6. The summed E-state index contributed by atoms with van der Waals surface area (Å²) in [6.45, 7) is 6.50. The molecule has 1 atom stereocenters. The molecule has 0 unspecified atom stereocenters. The Balaban J connectivity index is 2.36. The van der Waals surface area contributed by atoms with E-state index in [9.17, 15) is 19.5 Å². The smallest absolute Gasteiger partial charge is 0.335 e. The van der Waals surface area contributed by atoms with Crippen molar-refractivity contribution in [1.29, 1.82) is 0 Å². The van der Waals surface area contributed by atoms with Crippen LogP contribution in [0.2, 0.25) is 0 Å². The summed E-state index contributed by atoms with van der Waals surface area (Å²) >= 11 is 0. The number of methoxy groups -OCH3 is 1. The van der Waals surface area contributed by atoms with Gasteiger partial charge >= 0.3 is 17.9 Å². The number of hydrogen-bond donors (Lipinski definition) is 1. The first-order chi connectivity index (χ1) is 12.3. The van der Waals surface area contributed by atoms with E-state index in [1.807, 2.05) is 0 Å². The summed E-state index contributed by atoms with van der Waals surface area (Å²) in [6, 6.07) is 0. The van der Waals surface area contributed by atoms with Crippen LogP contribution in [0.5, 0.6) is 0 Å². The SMILES string of the molecule is COC(=O)/C=C/C(=O)OCC(C)(C)[C@@H](O)C(=O)OCCN1CCOCC1. The van der Waals surface area contributed by atoms with Gasteiger partial charge < -0.3 is 24.1 Å². The van der Waals surface area contributed by atoms with Gasteiger partial charge in [0.15, 0.2) is 6.10 Å². The van der Waals surface area contributed by atoms with E-state index in [2.05, 4.69) is 9.64 Å². The fraction of sp³-hybridized carbons (Fsp3) is 0.706. The topological polar surface area (TPSA) is 112 Å². The van der Waals surface area contributed by atoms with Crippen LogP contribution in [-0.2, 0) is 33.3 Å². The Morgan fingerprint density at radius 1 is 1.15 bits per heavy atom. The summed E-state index contributed by atoms with van der Waals surface area (Å²) in [5.41, 5.74) is -1.05. The van der Waals surface area contributed by atoms with Crippen LogP contribution in [0.1, 0.15) is 13.8 Å². The zero-order chi connectivity index (χ0) is 19.6. The van der Waals surface area contributed by atoms with Gasteiger partial charge in [-0.3, -0.25) is 4.90 Å². The number of aliphatic hydroxyl groups excluding tert-OH is 1. The largest absolute Gasteiger partial charge is 0.466 e. The molecule has 1 aliphatic rings. The highest BCUT2D eigenvalue weighted by Gasteiger charge is 2.36. The summed E-state index contributed by atoms with van der Waals surface area (Å²) in [7, 11) is 1.18. The molecular formula is C17H27NO8. The van der Waals surface area contributed by atoms with E-state index in [0.717, 1.165) is 25.2 Å². The molecular weight excluding hydrogens is 346 g/mol. The van der Waals surface area contributed by atoms with Crippen LogP contribution in [0.25, 0.3) is 0 Å². The van der Waals surface area contributed by atoms with Crippen LogP contribution in [0, 0.1) is 5.41 Å². The van der Waals surface area contributed by atoms with Crippen molar-refractivity contribution in [2.75, 3.05) is 53.2 Å². The molecule has 0 bridgehead atoms. The Bertz CT molecular complexity index is 511. The quantitative estimate of drug-likeness (QED) is 0.325. The van der Waals surface area contributed by atoms with E-state index in [0.29, 0.717) is 19.8 Å². The maximum Gasteiger partial charge on any atom is 0.335 e. The normalized spacial score (nSPS) is 16.9. The molecule has 1 N–H and O–H groups in total. The van der Waals surface area contributed by atoms with Gasteiger partial charge in [0.25, 0.3) is 0 Å². The van der Waals surface area contributed by atoms with Crippen molar-refractivity contribution in [2.24, 2.45) is 5.41 Å². The van der Waals surface area contributed by atoms with Gasteiger partial charge in [0.1, 0.15) is 6.61 Å². The third-order valence-electron chi connectivity index (χ3n) is 3.86. The highest BCUT2D eigenvalue weighted by Crippen LogP contribution is 2.22. The molecule has 9 heteroatoms. The van der Waals surface area contributed by atoms with Crippen LogP contribution in [0.3, 0.4) is 0 Å². The summed E-state index contributed by atoms with van der Waals surface area (Å²) in [5, 5.41) is 10.2. The monoisotopic (exact) mass is 373 g/mol. The molecule has 148 valence electrons. The Morgan fingerprint density at radius 3 is 2.38 bits per heavy atom. The third kappa shape index (κ3) is 7.94. The van der Waals surface area contributed by atoms with Crippen molar-refractivity contribution in [1.82, 2.24) is 4.90 Å².